The molecule has 90 valence electrons. The molecule has 0 amide bonds. The van der Waals surface area contributed by atoms with Crippen molar-refractivity contribution in [2.24, 2.45) is 0 Å². The first kappa shape index (κ1) is 12.7. The second-order valence-electron chi connectivity index (χ2n) is 3.76. The minimum absolute atomic E-state index is 0.298. The largest absolute Gasteiger partial charge is 0.386 e. The molecule has 2 aromatic rings. The van der Waals surface area contributed by atoms with Gasteiger partial charge in [-0.3, -0.25) is 0 Å². The van der Waals surface area contributed by atoms with Gasteiger partial charge in [0.2, 0.25) is 0 Å². The highest BCUT2D eigenvalue weighted by Crippen LogP contribution is 2.23. The standard InChI is InChI=1S/C12H11BrFNOS/c1-7-15-11(6-17-7)12(16)5-8-2-3-10(14)9(13)4-8/h2-4,6,12,16H,5H2,1H3. The molecule has 0 aliphatic rings. The van der Waals surface area contributed by atoms with Gasteiger partial charge in [0.25, 0.3) is 0 Å². The third-order valence-corrected chi connectivity index (χ3v) is 3.79. The van der Waals surface area contributed by atoms with E-state index < -0.39 is 6.10 Å². The highest BCUT2D eigenvalue weighted by molar-refractivity contribution is 9.10. The van der Waals surface area contributed by atoms with Crippen molar-refractivity contribution in [1.82, 2.24) is 4.98 Å². The van der Waals surface area contributed by atoms with E-state index in [1.165, 1.54) is 17.4 Å². The van der Waals surface area contributed by atoms with Gasteiger partial charge < -0.3 is 5.11 Å². The summed E-state index contributed by atoms with van der Waals surface area (Å²) in [6, 6.07) is 4.73. The molecule has 0 aliphatic heterocycles. The molecular formula is C12H11BrFNOS. The Morgan fingerprint density at radius 2 is 2.29 bits per heavy atom. The number of rotatable bonds is 3. The first-order valence-corrected chi connectivity index (χ1v) is 6.77. The highest BCUT2D eigenvalue weighted by Gasteiger charge is 2.12. The zero-order chi connectivity index (χ0) is 12.4. The van der Waals surface area contributed by atoms with E-state index >= 15 is 0 Å². The number of aryl methyl sites for hydroxylation is 1. The Bertz CT molecular complexity index is 529. The van der Waals surface area contributed by atoms with Crippen LogP contribution in [0.25, 0.3) is 0 Å². The first-order valence-electron chi connectivity index (χ1n) is 5.10. The summed E-state index contributed by atoms with van der Waals surface area (Å²) in [7, 11) is 0. The van der Waals surface area contributed by atoms with Gasteiger partial charge >= 0.3 is 0 Å². The molecular weight excluding hydrogens is 305 g/mol. The van der Waals surface area contributed by atoms with E-state index in [-0.39, 0.29) is 5.82 Å². The Hall–Kier alpha value is -0.780. The lowest BCUT2D eigenvalue weighted by atomic mass is 10.1. The summed E-state index contributed by atoms with van der Waals surface area (Å²) >= 11 is 4.63. The van der Waals surface area contributed by atoms with Crippen LogP contribution in [0.15, 0.2) is 28.1 Å². The van der Waals surface area contributed by atoms with Crippen molar-refractivity contribution in [3.05, 3.63) is 50.1 Å². The first-order chi connectivity index (χ1) is 8.06. The van der Waals surface area contributed by atoms with Crippen molar-refractivity contribution in [2.45, 2.75) is 19.4 Å². The molecule has 0 saturated carbocycles. The molecule has 2 rings (SSSR count). The summed E-state index contributed by atoms with van der Waals surface area (Å²) < 4.78 is 13.5. The van der Waals surface area contributed by atoms with Crippen molar-refractivity contribution in [1.29, 1.82) is 0 Å². The Morgan fingerprint density at radius 3 is 2.88 bits per heavy atom. The van der Waals surface area contributed by atoms with Gasteiger partial charge in [-0.25, -0.2) is 9.37 Å². The molecule has 0 bridgehead atoms. The molecule has 17 heavy (non-hydrogen) atoms. The summed E-state index contributed by atoms with van der Waals surface area (Å²) in [5, 5.41) is 12.8. The van der Waals surface area contributed by atoms with Crippen LogP contribution in [-0.4, -0.2) is 10.1 Å². The van der Waals surface area contributed by atoms with Crippen molar-refractivity contribution in [2.75, 3.05) is 0 Å². The summed E-state index contributed by atoms with van der Waals surface area (Å²) in [5.74, 6) is -0.298. The van der Waals surface area contributed by atoms with E-state index in [1.807, 2.05) is 12.3 Å². The van der Waals surface area contributed by atoms with E-state index in [1.54, 1.807) is 12.1 Å². The molecule has 0 saturated heterocycles. The van der Waals surface area contributed by atoms with Crippen molar-refractivity contribution < 1.29 is 9.50 Å². The summed E-state index contributed by atoms with van der Waals surface area (Å²) in [6.45, 7) is 1.90. The number of thiazole rings is 1. The van der Waals surface area contributed by atoms with E-state index in [0.29, 0.717) is 16.6 Å². The van der Waals surface area contributed by atoms with Crippen LogP contribution in [-0.2, 0) is 6.42 Å². The van der Waals surface area contributed by atoms with E-state index in [9.17, 15) is 9.50 Å². The fraction of sp³-hybridized carbons (Fsp3) is 0.250. The zero-order valence-electron chi connectivity index (χ0n) is 9.15. The average molecular weight is 316 g/mol. The van der Waals surface area contributed by atoms with Crippen LogP contribution in [0.2, 0.25) is 0 Å². The second-order valence-corrected chi connectivity index (χ2v) is 5.68. The van der Waals surface area contributed by atoms with E-state index in [4.69, 9.17) is 0 Å². The Balaban J connectivity index is 2.12. The number of hydrogen-bond donors (Lipinski definition) is 1. The molecule has 1 N–H and O–H groups in total. The lowest BCUT2D eigenvalue weighted by Crippen LogP contribution is -2.02. The van der Waals surface area contributed by atoms with Gasteiger partial charge in [0.05, 0.1) is 15.2 Å². The molecule has 0 spiro atoms. The lowest BCUT2D eigenvalue weighted by Gasteiger charge is -2.08. The molecule has 1 heterocycles. The SMILES string of the molecule is Cc1nc(C(O)Cc2ccc(F)c(Br)c2)cs1. The van der Waals surface area contributed by atoms with Crippen molar-refractivity contribution in [3.8, 4) is 0 Å². The number of aliphatic hydroxyl groups is 1. The molecule has 0 fully saturated rings. The predicted octanol–water partition coefficient (Wildman–Crippen LogP) is 3.63. The maximum absolute atomic E-state index is 13.0. The number of aliphatic hydroxyl groups excluding tert-OH is 1. The Kier molecular flexibility index (Phi) is 3.91. The molecule has 0 aliphatic carbocycles. The minimum Gasteiger partial charge on any atom is -0.386 e. The normalized spacial score (nSPS) is 12.7. The monoisotopic (exact) mass is 315 g/mol. The Morgan fingerprint density at radius 1 is 1.53 bits per heavy atom. The maximum atomic E-state index is 13.0. The topological polar surface area (TPSA) is 33.1 Å². The van der Waals surface area contributed by atoms with Crippen LogP contribution in [0.4, 0.5) is 4.39 Å². The predicted molar refractivity (Wildman–Crippen MR) is 69.6 cm³/mol. The third kappa shape index (κ3) is 3.12. The molecule has 0 radical (unpaired) electrons. The van der Waals surface area contributed by atoms with Gasteiger partial charge in [0.1, 0.15) is 11.9 Å². The van der Waals surface area contributed by atoms with Crippen LogP contribution >= 0.6 is 27.3 Å². The highest BCUT2D eigenvalue weighted by atomic mass is 79.9. The van der Waals surface area contributed by atoms with Gasteiger partial charge in [-0.1, -0.05) is 6.07 Å². The van der Waals surface area contributed by atoms with Crippen LogP contribution in [0.3, 0.4) is 0 Å². The van der Waals surface area contributed by atoms with Gasteiger partial charge in [-0.15, -0.1) is 11.3 Å². The van der Waals surface area contributed by atoms with Crippen LogP contribution in [0, 0.1) is 12.7 Å². The van der Waals surface area contributed by atoms with Gasteiger partial charge in [0, 0.05) is 11.8 Å². The fourth-order valence-corrected chi connectivity index (χ4v) is 2.61. The lowest BCUT2D eigenvalue weighted by molar-refractivity contribution is 0.174. The van der Waals surface area contributed by atoms with Gasteiger partial charge in [-0.2, -0.15) is 0 Å². The minimum atomic E-state index is -0.641. The van der Waals surface area contributed by atoms with Gasteiger partial charge in [-0.05, 0) is 40.5 Å². The fourth-order valence-electron chi connectivity index (χ4n) is 1.53. The molecule has 1 atom stereocenters. The van der Waals surface area contributed by atoms with Crippen molar-refractivity contribution >= 4 is 27.3 Å². The van der Waals surface area contributed by atoms with E-state index in [0.717, 1.165) is 10.6 Å². The number of benzene rings is 1. The number of aromatic nitrogens is 1. The average Bonchev–Trinajstić information content (AvgIpc) is 2.70. The molecule has 2 nitrogen and oxygen atoms in total. The summed E-state index contributed by atoms with van der Waals surface area (Å²) in [5.41, 5.74) is 1.55. The van der Waals surface area contributed by atoms with Crippen LogP contribution < -0.4 is 0 Å². The molecule has 1 aromatic heterocycles. The number of hydrogen-bond acceptors (Lipinski definition) is 3. The molecule has 5 heteroatoms. The second kappa shape index (κ2) is 5.25. The molecule has 1 aromatic carbocycles. The third-order valence-electron chi connectivity index (χ3n) is 2.39. The number of nitrogens with zero attached hydrogens (tertiary/aromatic N) is 1. The molecule has 1 unspecified atom stereocenters. The summed E-state index contributed by atoms with van der Waals surface area (Å²) in [4.78, 5) is 4.23. The Labute approximate surface area is 111 Å². The van der Waals surface area contributed by atoms with Crippen molar-refractivity contribution in [3.63, 3.8) is 0 Å². The van der Waals surface area contributed by atoms with Gasteiger partial charge in [0.15, 0.2) is 0 Å². The smallest absolute Gasteiger partial charge is 0.137 e. The number of halogens is 2. The maximum Gasteiger partial charge on any atom is 0.137 e. The summed E-state index contributed by atoms with van der Waals surface area (Å²) in [6.07, 6.45) is -0.209. The quantitative estimate of drug-likeness (QED) is 0.938. The zero-order valence-corrected chi connectivity index (χ0v) is 11.6. The van der Waals surface area contributed by atoms with E-state index in [2.05, 4.69) is 20.9 Å². The van der Waals surface area contributed by atoms with Crippen LogP contribution in [0.1, 0.15) is 22.4 Å². The van der Waals surface area contributed by atoms with Crippen LogP contribution in [0.5, 0.6) is 0 Å².